The fourth-order valence-electron chi connectivity index (χ4n) is 0.831. The topological polar surface area (TPSA) is 48.8 Å². The summed E-state index contributed by atoms with van der Waals surface area (Å²) in [5, 5.41) is 8.01. The third kappa shape index (κ3) is 5.39. The average Bonchev–Trinajstić information content (AvgIpc) is 1.87. The molecule has 0 saturated heterocycles. The first-order chi connectivity index (χ1) is 5.20. The van der Waals surface area contributed by atoms with Crippen LogP contribution in [0.2, 0.25) is 0 Å². The molecule has 0 heterocycles. The van der Waals surface area contributed by atoms with Crippen molar-refractivity contribution in [1.82, 2.24) is 10.9 Å². The van der Waals surface area contributed by atoms with E-state index in [4.69, 9.17) is 0 Å². The van der Waals surface area contributed by atoms with Crippen molar-refractivity contribution >= 4 is 11.4 Å². The van der Waals surface area contributed by atoms with Gasteiger partial charge in [-0.05, 0) is 13.8 Å². The van der Waals surface area contributed by atoms with Gasteiger partial charge in [0, 0.05) is 31.9 Å². The summed E-state index contributed by atoms with van der Waals surface area (Å²) in [6.45, 7) is 3.93. The third-order valence-electron chi connectivity index (χ3n) is 1.12. The second kappa shape index (κ2) is 5.70. The molecule has 64 valence electrons. The zero-order valence-electron chi connectivity index (χ0n) is 7.60. The van der Waals surface area contributed by atoms with Crippen molar-refractivity contribution in [2.75, 3.05) is 14.1 Å². The normalized spacial score (nSPS) is 13.1. The van der Waals surface area contributed by atoms with Crippen molar-refractivity contribution in [1.29, 1.82) is 0 Å². The van der Waals surface area contributed by atoms with Crippen LogP contribution in [0.3, 0.4) is 0 Å². The molecule has 2 N–H and O–H groups in total. The number of hydrazone groups is 2. The van der Waals surface area contributed by atoms with Crippen molar-refractivity contribution in [3.63, 3.8) is 0 Å². The van der Waals surface area contributed by atoms with Gasteiger partial charge in [0.2, 0.25) is 0 Å². The first-order valence-electron chi connectivity index (χ1n) is 3.60. The molecule has 4 nitrogen and oxygen atoms in total. The summed E-state index contributed by atoms with van der Waals surface area (Å²) >= 11 is 0. The molecule has 11 heavy (non-hydrogen) atoms. The molecule has 0 aromatic heterocycles. The Morgan fingerprint density at radius 1 is 1.00 bits per heavy atom. The highest BCUT2D eigenvalue weighted by molar-refractivity contribution is 6.02. The van der Waals surface area contributed by atoms with Gasteiger partial charge < -0.3 is 10.9 Å². The first-order valence-corrected chi connectivity index (χ1v) is 3.60. The Bertz CT molecular complexity index is 142. The maximum absolute atomic E-state index is 4.00. The Kier molecular flexibility index (Phi) is 5.15. The molecule has 0 rings (SSSR count). The summed E-state index contributed by atoms with van der Waals surface area (Å²) in [6, 6.07) is 0. The van der Waals surface area contributed by atoms with Gasteiger partial charge in [-0.2, -0.15) is 10.2 Å². The smallest absolute Gasteiger partial charge is 0.0404 e. The van der Waals surface area contributed by atoms with E-state index in [9.17, 15) is 0 Å². The predicted octanol–water partition coefficient (Wildman–Crippen LogP) is 0.567. The van der Waals surface area contributed by atoms with Gasteiger partial charge in [-0.25, -0.2) is 0 Å². The summed E-state index contributed by atoms with van der Waals surface area (Å²) in [5.74, 6) is 0. The van der Waals surface area contributed by atoms with Crippen LogP contribution in [0.4, 0.5) is 0 Å². The second-order valence-electron chi connectivity index (χ2n) is 2.32. The van der Waals surface area contributed by atoms with Crippen LogP contribution in [-0.2, 0) is 0 Å². The van der Waals surface area contributed by atoms with Crippen molar-refractivity contribution in [3.05, 3.63) is 0 Å². The van der Waals surface area contributed by atoms with E-state index in [1.54, 1.807) is 14.1 Å². The van der Waals surface area contributed by atoms with Crippen LogP contribution in [-0.4, -0.2) is 25.5 Å². The van der Waals surface area contributed by atoms with E-state index >= 15 is 0 Å². The molecule has 0 radical (unpaired) electrons. The zero-order chi connectivity index (χ0) is 8.69. The van der Waals surface area contributed by atoms with E-state index in [0.717, 1.165) is 17.8 Å². The molecule has 0 aromatic rings. The molecule has 4 heteroatoms. The SMILES string of the molecule is CN/N=C(\C)C/C(C)=N/NC. The summed E-state index contributed by atoms with van der Waals surface area (Å²) in [5.41, 5.74) is 7.52. The number of hydrogen-bond donors (Lipinski definition) is 2. The van der Waals surface area contributed by atoms with Gasteiger partial charge in [-0.1, -0.05) is 0 Å². The van der Waals surface area contributed by atoms with E-state index in [1.807, 2.05) is 13.8 Å². The van der Waals surface area contributed by atoms with E-state index < -0.39 is 0 Å². The van der Waals surface area contributed by atoms with Gasteiger partial charge in [0.05, 0.1) is 0 Å². The lowest BCUT2D eigenvalue weighted by Crippen LogP contribution is -2.08. The first kappa shape index (κ1) is 9.94. The van der Waals surface area contributed by atoms with Gasteiger partial charge in [-0.3, -0.25) is 0 Å². The summed E-state index contributed by atoms with van der Waals surface area (Å²) in [6.07, 6.45) is 0.807. The second-order valence-corrected chi connectivity index (χ2v) is 2.32. The van der Waals surface area contributed by atoms with Gasteiger partial charge in [0.25, 0.3) is 0 Å². The molecule has 0 fully saturated rings. The molecule has 0 spiro atoms. The Labute approximate surface area is 67.8 Å². The summed E-state index contributed by atoms with van der Waals surface area (Å²) in [4.78, 5) is 0. The Morgan fingerprint density at radius 3 is 1.64 bits per heavy atom. The fraction of sp³-hybridized carbons (Fsp3) is 0.714. The minimum atomic E-state index is 0.807. The number of hydrogen-bond acceptors (Lipinski definition) is 4. The molecule has 0 aliphatic carbocycles. The largest absolute Gasteiger partial charge is 0.313 e. The summed E-state index contributed by atoms with van der Waals surface area (Å²) in [7, 11) is 3.57. The van der Waals surface area contributed by atoms with Crippen molar-refractivity contribution in [2.45, 2.75) is 20.3 Å². The maximum Gasteiger partial charge on any atom is 0.0404 e. The van der Waals surface area contributed by atoms with Crippen molar-refractivity contribution in [3.8, 4) is 0 Å². The van der Waals surface area contributed by atoms with Gasteiger partial charge in [-0.15, -0.1) is 0 Å². The van der Waals surface area contributed by atoms with Crippen LogP contribution < -0.4 is 10.9 Å². The van der Waals surface area contributed by atoms with Crippen molar-refractivity contribution in [2.24, 2.45) is 10.2 Å². The molecule has 0 saturated carbocycles. The molecule has 0 unspecified atom stereocenters. The van der Waals surface area contributed by atoms with E-state index in [0.29, 0.717) is 0 Å². The zero-order valence-corrected chi connectivity index (χ0v) is 7.60. The molecule has 0 amide bonds. The number of nitrogens with zero attached hydrogens (tertiary/aromatic N) is 2. The van der Waals surface area contributed by atoms with Gasteiger partial charge >= 0.3 is 0 Å². The fourth-order valence-corrected chi connectivity index (χ4v) is 0.831. The van der Waals surface area contributed by atoms with Crippen LogP contribution in [0.15, 0.2) is 10.2 Å². The van der Waals surface area contributed by atoms with Crippen LogP contribution >= 0.6 is 0 Å². The lowest BCUT2D eigenvalue weighted by Gasteiger charge is -1.99. The lowest BCUT2D eigenvalue weighted by atomic mass is 10.2. The van der Waals surface area contributed by atoms with Crippen LogP contribution in [0, 0.1) is 0 Å². The minimum Gasteiger partial charge on any atom is -0.313 e. The molecule has 0 bridgehead atoms. The summed E-state index contributed by atoms with van der Waals surface area (Å²) < 4.78 is 0. The molecule has 0 atom stereocenters. The maximum atomic E-state index is 4.00. The van der Waals surface area contributed by atoms with Crippen LogP contribution in [0.25, 0.3) is 0 Å². The third-order valence-corrected chi connectivity index (χ3v) is 1.12. The molecule has 0 aliphatic heterocycles. The highest BCUT2D eigenvalue weighted by atomic mass is 15.3. The van der Waals surface area contributed by atoms with Gasteiger partial charge in [0.15, 0.2) is 0 Å². The Balaban J connectivity index is 3.84. The number of nitrogens with one attached hydrogen (secondary N) is 2. The molecule has 0 aromatic carbocycles. The average molecular weight is 156 g/mol. The highest BCUT2D eigenvalue weighted by Crippen LogP contribution is 1.88. The highest BCUT2D eigenvalue weighted by Gasteiger charge is 1.93. The van der Waals surface area contributed by atoms with Crippen LogP contribution in [0.5, 0.6) is 0 Å². The standard InChI is InChI=1S/C7H16N4/c1-6(10-8-3)5-7(2)11-9-4/h8-9H,5H2,1-4H3/b10-6+,11-7+. The minimum absolute atomic E-state index is 0.807. The lowest BCUT2D eigenvalue weighted by molar-refractivity contribution is 0.884. The van der Waals surface area contributed by atoms with E-state index in [-0.39, 0.29) is 0 Å². The number of rotatable bonds is 4. The molecular weight excluding hydrogens is 140 g/mol. The molecular formula is C7H16N4. The van der Waals surface area contributed by atoms with E-state index in [1.165, 1.54) is 0 Å². The van der Waals surface area contributed by atoms with Crippen molar-refractivity contribution < 1.29 is 0 Å². The van der Waals surface area contributed by atoms with Crippen LogP contribution in [0.1, 0.15) is 20.3 Å². The Hall–Kier alpha value is -1.06. The molecule has 0 aliphatic rings. The van der Waals surface area contributed by atoms with E-state index in [2.05, 4.69) is 21.1 Å². The predicted molar refractivity (Wildman–Crippen MR) is 49.0 cm³/mol. The monoisotopic (exact) mass is 156 g/mol. The quantitative estimate of drug-likeness (QED) is 0.461. The Morgan fingerprint density at radius 2 is 1.36 bits per heavy atom. The van der Waals surface area contributed by atoms with Gasteiger partial charge in [0.1, 0.15) is 0 Å².